The second-order valence-corrected chi connectivity index (χ2v) is 5.10. The third-order valence-corrected chi connectivity index (χ3v) is 3.51. The fourth-order valence-electron chi connectivity index (χ4n) is 2.39. The summed E-state index contributed by atoms with van der Waals surface area (Å²) >= 11 is 6.06. The number of ether oxygens (including phenoxy) is 1. The van der Waals surface area contributed by atoms with Crippen LogP contribution in [0.2, 0.25) is 5.02 Å². The zero-order chi connectivity index (χ0) is 14.5. The van der Waals surface area contributed by atoms with Gasteiger partial charge in [0.05, 0.1) is 25.0 Å². The molecule has 1 unspecified atom stereocenters. The van der Waals surface area contributed by atoms with E-state index in [1.807, 2.05) is 29.9 Å². The molecule has 0 radical (unpaired) electrons. The highest BCUT2D eigenvalue weighted by Gasteiger charge is 2.20. The molecule has 0 saturated carbocycles. The number of aryl methyl sites for hydroxylation is 1. The molecular weight excluding hydrogens is 274 g/mol. The number of methoxy groups -OCH3 is 1. The van der Waals surface area contributed by atoms with Gasteiger partial charge < -0.3 is 10.1 Å². The fourth-order valence-corrected chi connectivity index (χ4v) is 2.61. The van der Waals surface area contributed by atoms with E-state index < -0.39 is 0 Å². The topological polar surface area (TPSA) is 39.1 Å². The Morgan fingerprint density at radius 2 is 2.25 bits per heavy atom. The fraction of sp³-hybridized carbons (Fsp3) is 0.400. The summed E-state index contributed by atoms with van der Waals surface area (Å²) in [7, 11) is 3.60. The molecule has 1 aromatic heterocycles. The van der Waals surface area contributed by atoms with Crippen LogP contribution in [0.15, 0.2) is 30.5 Å². The lowest BCUT2D eigenvalue weighted by atomic mass is 10.0. The Hall–Kier alpha value is -1.52. The summed E-state index contributed by atoms with van der Waals surface area (Å²) < 4.78 is 7.26. The molecule has 0 amide bonds. The van der Waals surface area contributed by atoms with Crippen molar-refractivity contribution in [3.05, 3.63) is 46.7 Å². The van der Waals surface area contributed by atoms with Gasteiger partial charge in [0.1, 0.15) is 0 Å². The van der Waals surface area contributed by atoms with Gasteiger partial charge in [0.15, 0.2) is 5.75 Å². The number of halogens is 1. The van der Waals surface area contributed by atoms with Crippen molar-refractivity contribution in [1.29, 1.82) is 0 Å². The van der Waals surface area contributed by atoms with Gasteiger partial charge in [-0.15, -0.1) is 0 Å². The first kappa shape index (κ1) is 14.9. The minimum Gasteiger partial charge on any atom is -0.493 e. The van der Waals surface area contributed by atoms with Gasteiger partial charge in [-0.3, -0.25) is 4.68 Å². The Bertz CT molecular complexity index is 568. The lowest BCUT2D eigenvalue weighted by Gasteiger charge is -2.19. The molecule has 2 aromatic rings. The van der Waals surface area contributed by atoms with Crippen molar-refractivity contribution >= 4 is 11.6 Å². The van der Waals surface area contributed by atoms with Gasteiger partial charge in [0.25, 0.3) is 0 Å². The van der Waals surface area contributed by atoms with E-state index in [-0.39, 0.29) is 6.04 Å². The highest BCUT2D eigenvalue weighted by molar-refractivity contribution is 6.30. The maximum absolute atomic E-state index is 6.06. The van der Waals surface area contributed by atoms with Gasteiger partial charge >= 0.3 is 0 Å². The number of likely N-dealkylation sites (N-methyl/N-ethyl adjacent to an activating group) is 1. The van der Waals surface area contributed by atoms with Crippen molar-refractivity contribution in [3.63, 3.8) is 0 Å². The summed E-state index contributed by atoms with van der Waals surface area (Å²) in [5.41, 5.74) is 2.24. The van der Waals surface area contributed by atoms with Crippen LogP contribution >= 0.6 is 11.6 Å². The maximum Gasteiger partial charge on any atom is 0.161 e. The Kier molecular flexibility index (Phi) is 5.04. The van der Waals surface area contributed by atoms with Crippen LogP contribution in [0.5, 0.6) is 5.75 Å². The zero-order valence-electron chi connectivity index (χ0n) is 12.1. The molecule has 20 heavy (non-hydrogen) atoms. The largest absolute Gasteiger partial charge is 0.493 e. The molecule has 0 aliphatic carbocycles. The maximum atomic E-state index is 6.06. The number of hydrogen-bond donors (Lipinski definition) is 1. The van der Waals surface area contributed by atoms with Gasteiger partial charge in [-0.2, -0.15) is 5.10 Å². The van der Waals surface area contributed by atoms with Crippen molar-refractivity contribution in [1.82, 2.24) is 15.1 Å². The predicted molar refractivity (Wildman–Crippen MR) is 81.3 cm³/mol. The van der Waals surface area contributed by atoms with Gasteiger partial charge in [-0.1, -0.05) is 30.7 Å². The van der Waals surface area contributed by atoms with E-state index in [0.717, 1.165) is 29.4 Å². The first-order valence-corrected chi connectivity index (χ1v) is 7.07. The molecule has 1 aromatic carbocycles. The first-order chi connectivity index (χ1) is 9.65. The van der Waals surface area contributed by atoms with E-state index >= 15 is 0 Å². The van der Waals surface area contributed by atoms with E-state index in [1.165, 1.54) is 5.56 Å². The molecule has 0 bridgehead atoms. The average molecular weight is 294 g/mol. The minimum atomic E-state index is 0.140. The highest BCUT2D eigenvalue weighted by Crippen LogP contribution is 2.27. The van der Waals surface area contributed by atoms with Gasteiger partial charge in [-0.05, 0) is 30.7 Å². The van der Waals surface area contributed by atoms with E-state index in [4.69, 9.17) is 16.3 Å². The Morgan fingerprint density at radius 1 is 1.45 bits per heavy atom. The summed E-state index contributed by atoms with van der Waals surface area (Å²) in [5.74, 6) is 0.806. The summed E-state index contributed by atoms with van der Waals surface area (Å²) in [6.07, 6.45) is 2.59. The van der Waals surface area contributed by atoms with Crippen molar-refractivity contribution in [2.75, 3.05) is 13.7 Å². The predicted octanol–water partition coefficient (Wildman–Crippen LogP) is 2.98. The van der Waals surface area contributed by atoms with Crippen LogP contribution in [0.4, 0.5) is 0 Å². The van der Waals surface area contributed by atoms with Crippen LogP contribution in [-0.4, -0.2) is 23.4 Å². The Morgan fingerprint density at radius 3 is 2.90 bits per heavy atom. The number of hydrogen-bond acceptors (Lipinski definition) is 3. The first-order valence-electron chi connectivity index (χ1n) is 6.69. The molecule has 1 atom stereocenters. The smallest absolute Gasteiger partial charge is 0.161 e. The average Bonchev–Trinajstić information content (AvgIpc) is 2.79. The molecule has 1 heterocycles. The highest BCUT2D eigenvalue weighted by atomic mass is 35.5. The molecule has 2 rings (SSSR count). The van der Waals surface area contributed by atoms with Crippen molar-refractivity contribution in [2.24, 2.45) is 7.05 Å². The molecule has 0 saturated heterocycles. The van der Waals surface area contributed by atoms with E-state index in [0.29, 0.717) is 0 Å². The van der Waals surface area contributed by atoms with Crippen molar-refractivity contribution in [2.45, 2.75) is 19.4 Å². The van der Waals surface area contributed by atoms with E-state index in [2.05, 4.69) is 23.4 Å². The van der Waals surface area contributed by atoms with Crippen LogP contribution in [0.25, 0.3) is 0 Å². The van der Waals surface area contributed by atoms with Crippen LogP contribution in [-0.2, 0) is 13.5 Å². The third kappa shape index (κ3) is 3.32. The molecule has 108 valence electrons. The lowest BCUT2D eigenvalue weighted by Crippen LogP contribution is -2.25. The Balaban J connectivity index is 2.29. The van der Waals surface area contributed by atoms with Crippen LogP contribution in [0.1, 0.15) is 24.2 Å². The number of nitrogens with zero attached hydrogens (tertiary/aromatic N) is 2. The molecule has 0 spiro atoms. The number of aromatic nitrogens is 2. The second-order valence-electron chi connectivity index (χ2n) is 4.67. The standard InChI is InChI=1S/C15H20ClN3O/c1-4-17-13(9-11-6-5-7-12(16)8-11)15-14(20-3)10-18-19(15)2/h5-8,10,13,17H,4,9H2,1-3H3. The monoisotopic (exact) mass is 293 g/mol. The normalized spacial score (nSPS) is 12.4. The molecule has 0 aliphatic heterocycles. The molecule has 0 aliphatic rings. The number of rotatable bonds is 6. The second kappa shape index (κ2) is 6.77. The summed E-state index contributed by atoms with van der Waals surface area (Å²) in [5, 5.41) is 8.52. The molecular formula is C15H20ClN3O. The minimum absolute atomic E-state index is 0.140. The molecule has 5 heteroatoms. The number of benzene rings is 1. The van der Waals surface area contributed by atoms with Gasteiger partial charge in [-0.25, -0.2) is 0 Å². The van der Waals surface area contributed by atoms with E-state index in [9.17, 15) is 0 Å². The van der Waals surface area contributed by atoms with Crippen LogP contribution in [0, 0.1) is 0 Å². The van der Waals surface area contributed by atoms with E-state index in [1.54, 1.807) is 13.3 Å². The molecule has 4 nitrogen and oxygen atoms in total. The van der Waals surface area contributed by atoms with Gasteiger partial charge in [0, 0.05) is 12.1 Å². The lowest BCUT2D eigenvalue weighted by molar-refractivity contribution is 0.394. The summed E-state index contributed by atoms with van der Waals surface area (Å²) in [6.45, 7) is 2.97. The van der Waals surface area contributed by atoms with Crippen LogP contribution < -0.4 is 10.1 Å². The molecule has 0 fully saturated rings. The zero-order valence-corrected chi connectivity index (χ0v) is 12.8. The van der Waals surface area contributed by atoms with Gasteiger partial charge in [0.2, 0.25) is 0 Å². The van der Waals surface area contributed by atoms with Crippen LogP contribution in [0.3, 0.4) is 0 Å². The quantitative estimate of drug-likeness (QED) is 0.890. The molecule has 1 N–H and O–H groups in total. The summed E-state index contributed by atoms with van der Waals surface area (Å²) in [4.78, 5) is 0. The van der Waals surface area contributed by atoms with Crippen molar-refractivity contribution < 1.29 is 4.74 Å². The summed E-state index contributed by atoms with van der Waals surface area (Å²) in [6, 6.07) is 8.08. The Labute approximate surface area is 124 Å². The SMILES string of the molecule is CCNC(Cc1cccc(Cl)c1)c1c(OC)cnn1C. The third-order valence-electron chi connectivity index (χ3n) is 3.28. The number of nitrogens with one attached hydrogen (secondary N) is 1. The van der Waals surface area contributed by atoms with Crippen molar-refractivity contribution in [3.8, 4) is 5.75 Å².